The van der Waals surface area contributed by atoms with Gasteiger partial charge in [-0.1, -0.05) is 24.3 Å². The molecule has 2 N–H and O–H groups in total. The predicted octanol–water partition coefficient (Wildman–Crippen LogP) is 2.58. The van der Waals surface area contributed by atoms with Crippen molar-refractivity contribution in [3.8, 4) is 0 Å². The van der Waals surface area contributed by atoms with E-state index in [0.29, 0.717) is 11.2 Å². The van der Waals surface area contributed by atoms with Gasteiger partial charge in [-0.25, -0.2) is 4.98 Å². The number of piperazine rings is 1. The van der Waals surface area contributed by atoms with Crippen molar-refractivity contribution in [2.45, 2.75) is 19.9 Å². The lowest BCUT2D eigenvalue weighted by Crippen LogP contribution is -2.46. The van der Waals surface area contributed by atoms with Crippen LogP contribution in [0.15, 0.2) is 18.2 Å². The Labute approximate surface area is 124 Å². The molecule has 1 aromatic heterocycles. The number of rotatable bonds is 3. The van der Waals surface area contributed by atoms with Gasteiger partial charge in [0.2, 0.25) is 0 Å². The monoisotopic (exact) mass is 290 g/mol. The highest BCUT2D eigenvalue weighted by Crippen LogP contribution is 2.29. The summed E-state index contributed by atoms with van der Waals surface area (Å²) in [6.07, 6.45) is 0. The molecule has 3 rings (SSSR count). The van der Waals surface area contributed by atoms with Gasteiger partial charge in [0, 0.05) is 32.2 Å². The molecule has 0 aliphatic carbocycles. The smallest absolute Gasteiger partial charge is 0.181 e. The molecule has 1 aromatic carbocycles. The number of thiazole rings is 1. The Morgan fingerprint density at radius 1 is 1.30 bits per heavy atom. The van der Waals surface area contributed by atoms with Crippen LogP contribution in [0.5, 0.6) is 0 Å². The van der Waals surface area contributed by atoms with Gasteiger partial charge in [-0.15, -0.1) is 0 Å². The molecular formula is C15H22N4S. The van der Waals surface area contributed by atoms with Crippen molar-refractivity contribution in [2.24, 2.45) is 0 Å². The average Bonchev–Trinajstić information content (AvgIpc) is 2.85. The maximum atomic E-state index is 5.78. The van der Waals surface area contributed by atoms with Crippen LogP contribution in [0, 0.1) is 0 Å². The van der Waals surface area contributed by atoms with Gasteiger partial charge in [0.05, 0.1) is 10.2 Å². The molecule has 2 heterocycles. The number of nitrogens with zero attached hydrogens (tertiary/aromatic N) is 3. The van der Waals surface area contributed by atoms with Crippen molar-refractivity contribution in [1.82, 2.24) is 14.8 Å². The molecule has 0 radical (unpaired) electrons. The summed E-state index contributed by atoms with van der Waals surface area (Å²) in [5.74, 6) is 0. The van der Waals surface area contributed by atoms with Crippen LogP contribution >= 0.6 is 11.3 Å². The third-order valence-electron chi connectivity index (χ3n) is 4.31. The largest absolute Gasteiger partial charge is 0.375 e. The molecule has 108 valence electrons. The minimum absolute atomic E-state index is 0.460. The van der Waals surface area contributed by atoms with E-state index < -0.39 is 0 Å². The first-order valence-electron chi connectivity index (χ1n) is 7.29. The van der Waals surface area contributed by atoms with Crippen molar-refractivity contribution in [2.75, 3.05) is 38.5 Å². The lowest BCUT2D eigenvalue weighted by Gasteiger charge is -2.37. The first-order chi connectivity index (χ1) is 9.67. The van der Waals surface area contributed by atoms with E-state index in [2.05, 4.69) is 46.8 Å². The van der Waals surface area contributed by atoms with Crippen molar-refractivity contribution in [1.29, 1.82) is 0 Å². The normalized spacial score (nSPS) is 19.5. The van der Waals surface area contributed by atoms with Crippen LogP contribution in [0.25, 0.3) is 10.2 Å². The number of hydrogen-bond acceptors (Lipinski definition) is 5. The topological polar surface area (TPSA) is 45.4 Å². The van der Waals surface area contributed by atoms with E-state index in [4.69, 9.17) is 5.73 Å². The summed E-state index contributed by atoms with van der Waals surface area (Å²) in [5.41, 5.74) is 8.16. The van der Waals surface area contributed by atoms with E-state index in [1.54, 1.807) is 11.3 Å². The quantitative estimate of drug-likeness (QED) is 0.943. The standard InChI is InChI=1S/C15H22N4S/c1-3-18-6-8-19(9-7-18)11(2)12-4-5-13-14(10-12)20-15(16)17-13/h4-5,10-11H,3,6-9H2,1-2H3,(H2,16,17). The Kier molecular flexibility index (Phi) is 3.92. The maximum Gasteiger partial charge on any atom is 0.181 e. The van der Waals surface area contributed by atoms with Gasteiger partial charge < -0.3 is 10.6 Å². The van der Waals surface area contributed by atoms with Gasteiger partial charge >= 0.3 is 0 Å². The summed E-state index contributed by atoms with van der Waals surface area (Å²) in [5, 5.41) is 0.654. The zero-order chi connectivity index (χ0) is 14.1. The molecule has 1 saturated heterocycles. The molecule has 1 atom stereocenters. The minimum Gasteiger partial charge on any atom is -0.375 e. The van der Waals surface area contributed by atoms with E-state index >= 15 is 0 Å². The molecule has 1 unspecified atom stereocenters. The highest BCUT2D eigenvalue weighted by molar-refractivity contribution is 7.22. The fraction of sp³-hybridized carbons (Fsp3) is 0.533. The van der Waals surface area contributed by atoms with Crippen molar-refractivity contribution in [3.63, 3.8) is 0 Å². The molecule has 0 amide bonds. The van der Waals surface area contributed by atoms with Crippen LogP contribution in [-0.4, -0.2) is 47.5 Å². The number of nitrogen functional groups attached to an aromatic ring is 1. The molecule has 0 spiro atoms. The number of anilines is 1. The highest BCUT2D eigenvalue weighted by atomic mass is 32.1. The Bertz CT molecular complexity index is 587. The Morgan fingerprint density at radius 3 is 2.75 bits per heavy atom. The maximum absolute atomic E-state index is 5.78. The average molecular weight is 290 g/mol. The first kappa shape index (κ1) is 13.8. The molecule has 1 aliphatic rings. The predicted molar refractivity (Wildman–Crippen MR) is 86.1 cm³/mol. The lowest BCUT2D eigenvalue weighted by atomic mass is 10.1. The number of likely N-dealkylation sites (N-methyl/N-ethyl adjacent to an activating group) is 1. The Balaban J connectivity index is 1.76. The van der Waals surface area contributed by atoms with E-state index in [0.717, 1.165) is 25.2 Å². The summed E-state index contributed by atoms with van der Waals surface area (Å²) in [7, 11) is 0. The zero-order valence-electron chi connectivity index (χ0n) is 12.2. The summed E-state index contributed by atoms with van der Waals surface area (Å²) in [6, 6.07) is 7.00. The highest BCUT2D eigenvalue weighted by Gasteiger charge is 2.21. The number of aromatic nitrogens is 1. The van der Waals surface area contributed by atoms with Crippen molar-refractivity contribution in [3.05, 3.63) is 23.8 Å². The van der Waals surface area contributed by atoms with Crippen LogP contribution in [0.2, 0.25) is 0 Å². The molecule has 20 heavy (non-hydrogen) atoms. The van der Waals surface area contributed by atoms with E-state index in [1.165, 1.54) is 23.4 Å². The second-order valence-corrected chi connectivity index (χ2v) is 6.49. The summed E-state index contributed by atoms with van der Waals surface area (Å²) >= 11 is 1.57. The fourth-order valence-corrected chi connectivity index (χ4v) is 3.68. The molecule has 1 aliphatic heterocycles. The second kappa shape index (κ2) is 5.68. The Morgan fingerprint density at radius 2 is 2.05 bits per heavy atom. The van der Waals surface area contributed by atoms with Gasteiger partial charge in [-0.2, -0.15) is 0 Å². The van der Waals surface area contributed by atoms with Crippen LogP contribution in [0.3, 0.4) is 0 Å². The van der Waals surface area contributed by atoms with Crippen LogP contribution in [-0.2, 0) is 0 Å². The fourth-order valence-electron chi connectivity index (χ4n) is 2.90. The number of hydrogen-bond donors (Lipinski definition) is 1. The van der Waals surface area contributed by atoms with Crippen LogP contribution < -0.4 is 5.73 Å². The Hall–Kier alpha value is -1.17. The molecule has 2 aromatic rings. The number of benzene rings is 1. The SMILES string of the molecule is CCN1CCN(C(C)c2ccc3nc(N)sc3c2)CC1. The van der Waals surface area contributed by atoms with Crippen LogP contribution in [0.4, 0.5) is 5.13 Å². The van der Waals surface area contributed by atoms with Gasteiger partial charge in [0.25, 0.3) is 0 Å². The van der Waals surface area contributed by atoms with Gasteiger partial charge in [-0.05, 0) is 31.2 Å². The third kappa shape index (κ3) is 2.66. The zero-order valence-corrected chi connectivity index (χ0v) is 13.0. The molecule has 0 bridgehead atoms. The second-order valence-electron chi connectivity index (χ2n) is 5.43. The lowest BCUT2D eigenvalue weighted by molar-refractivity contribution is 0.106. The molecular weight excluding hydrogens is 268 g/mol. The van der Waals surface area contributed by atoms with Crippen molar-refractivity contribution >= 4 is 26.7 Å². The molecule has 5 heteroatoms. The first-order valence-corrected chi connectivity index (χ1v) is 8.11. The summed E-state index contributed by atoms with van der Waals surface area (Å²) in [4.78, 5) is 9.40. The van der Waals surface area contributed by atoms with E-state index in [1.807, 2.05) is 0 Å². The summed E-state index contributed by atoms with van der Waals surface area (Å²) in [6.45, 7) is 10.4. The van der Waals surface area contributed by atoms with Crippen molar-refractivity contribution < 1.29 is 0 Å². The van der Waals surface area contributed by atoms with Crippen LogP contribution in [0.1, 0.15) is 25.5 Å². The van der Waals surface area contributed by atoms with Gasteiger partial charge in [0.1, 0.15) is 0 Å². The van der Waals surface area contributed by atoms with E-state index in [9.17, 15) is 0 Å². The van der Waals surface area contributed by atoms with Gasteiger partial charge in [-0.3, -0.25) is 4.90 Å². The third-order valence-corrected chi connectivity index (χ3v) is 5.16. The molecule has 1 fully saturated rings. The minimum atomic E-state index is 0.460. The van der Waals surface area contributed by atoms with Gasteiger partial charge in [0.15, 0.2) is 5.13 Å². The molecule has 0 saturated carbocycles. The number of nitrogens with two attached hydrogens (primary N) is 1. The van der Waals surface area contributed by atoms with E-state index in [-0.39, 0.29) is 0 Å². The molecule has 4 nitrogen and oxygen atoms in total. The number of fused-ring (bicyclic) bond motifs is 1. The summed E-state index contributed by atoms with van der Waals surface area (Å²) < 4.78 is 1.19.